The second-order valence-electron chi connectivity index (χ2n) is 12.3. The molecular weight excluding hydrogens is 680 g/mol. The van der Waals surface area contributed by atoms with Gasteiger partial charge >= 0.3 is 5.97 Å². The third-order valence-electron chi connectivity index (χ3n) is 9.25. The van der Waals surface area contributed by atoms with E-state index in [1.165, 1.54) is 37.1 Å². The molecule has 5 atom stereocenters. The van der Waals surface area contributed by atoms with Crippen molar-refractivity contribution in [1.29, 1.82) is 0 Å². The molecule has 3 heterocycles. The highest BCUT2D eigenvalue weighted by molar-refractivity contribution is 7.89. The molecule has 51 heavy (non-hydrogen) atoms. The van der Waals surface area contributed by atoms with E-state index in [0.717, 1.165) is 28.3 Å². The van der Waals surface area contributed by atoms with Crippen LogP contribution < -0.4 is 10.1 Å². The summed E-state index contributed by atoms with van der Waals surface area (Å²) in [7, 11) is -3.11. The van der Waals surface area contributed by atoms with Gasteiger partial charge in [0.15, 0.2) is 4.90 Å². The number of nitrogens with one attached hydrogen (secondary N) is 1. The number of amides is 2. The Kier molecular flexibility index (Phi) is 10.1. The number of fused-ring (bicyclic) bond motifs is 3. The first-order valence-corrected chi connectivity index (χ1v) is 17.6. The molecule has 14 nitrogen and oxygen atoms in total. The van der Waals surface area contributed by atoms with E-state index >= 15 is 0 Å². The predicted molar refractivity (Wildman–Crippen MR) is 182 cm³/mol. The van der Waals surface area contributed by atoms with Crippen molar-refractivity contribution in [3.8, 4) is 5.75 Å². The zero-order chi connectivity index (χ0) is 36.3. The lowest BCUT2D eigenvalue weighted by Crippen LogP contribution is -2.55. The number of likely N-dealkylation sites (tertiary alicyclic amines) is 1. The van der Waals surface area contributed by atoms with Gasteiger partial charge in [0, 0.05) is 32.6 Å². The van der Waals surface area contributed by atoms with E-state index in [0.29, 0.717) is 11.3 Å². The number of hydrogen-bond donors (Lipinski definition) is 1. The zero-order valence-electron chi connectivity index (χ0n) is 27.8. The van der Waals surface area contributed by atoms with Crippen LogP contribution in [0, 0.1) is 16.0 Å². The summed E-state index contributed by atoms with van der Waals surface area (Å²) >= 11 is 0. The van der Waals surface area contributed by atoms with Gasteiger partial charge in [-0.25, -0.2) is 8.42 Å². The first-order chi connectivity index (χ1) is 24.5. The monoisotopic (exact) mass is 716 g/mol. The standard InChI is InChI=1S/C36H36N4O10S/c1-24(41)49-21-19-36-31(32-29(50-36)13-8-9-20-39(32)51(46,47)30-14-7-6-12-28(30)40(44)45)35(43)38(23-26-15-17-27(48-2)18-16-26)33(36)34(42)37-22-25-10-4-3-5-11-25/h3-8,10-19,21,29,31-33H,9,20,22-23H2,1-2H3,(H,37,42)/b21-19+/t29-,31+,32+,33-,36+/m1/s1. The third-order valence-corrected chi connectivity index (χ3v) is 11.2. The SMILES string of the molecule is COc1ccc(CN2C(=O)[C@@H]3[C@@H]4[C@@H](C=CCCN4S(=O)(=O)c4ccccc4[N+](=O)[O-])O[C@]3(/C=C/OC(C)=O)[C@H]2C(=O)NCc2ccccc2)cc1. The van der Waals surface area contributed by atoms with Crippen molar-refractivity contribution in [2.75, 3.05) is 13.7 Å². The number of nitrogens with zero attached hydrogens (tertiary/aromatic N) is 3. The lowest BCUT2D eigenvalue weighted by atomic mass is 9.81. The molecular formula is C36H36N4O10S. The average Bonchev–Trinajstić information content (AvgIpc) is 3.44. The van der Waals surface area contributed by atoms with Gasteiger partial charge in [0.05, 0.1) is 36.4 Å². The Bertz CT molecular complexity index is 1990. The van der Waals surface area contributed by atoms with Crippen LogP contribution in [0.4, 0.5) is 5.69 Å². The largest absolute Gasteiger partial charge is 0.497 e. The molecule has 0 aliphatic carbocycles. The highest BCUT2D eigenvalue weighted by Crippen LogP contribution is 2.52. The summed E-state index contributed by atoms with van der Waals surface area (Å²) in [5.74, 6) is -2.63. The molecule has 0 bridgehead atoms. The van der Waals surface area contributed by atoms with E-state index in [1.54, 1.807) is 36.4 Å². The summed E-state index contributed by atoms with van der Waals surface area (Å²) < 4.78 is 47.1. The number of nitro groups is 1. The van der Waals surface area contributed by atoms with Crippen molar-refractivity contribution in [2.24, 2.45) is 5.92 Å². The fourth-order valence-electron chi connectivity index (χ4n) is 7.05. The third kappa shape index (κ3) is 6.74. The maximum Gasteiger partial charge on any atom is 0.307 e. The van der Waals surface area contributed by atoms with E-state index < -0.39 is 73.0 Å². The predicted octanol–water partition coefficient (Wildman–Crippen LogP) is 3.48. The minimum absolute atomic E-state index is 0.0700. The van der Waals surface area contributed by atoms with E-state index in [9.17, 15) is 32.9 Å². The van der Waals surface area contributed by atoms with Gasteiger partial charge in [-0.15, -0.1) is 0 Å². The van der Waals surface area contributed by atoms with Crippen molar-refractivity contribution in [3.63, 3.8) is 0 Å². The van der Waals surface area contributed by atoms with Crippen LogP contribution in [0.25, 0.3) is 0 Å². The zero-order valence-corrected chi connectivity index (χ0v) is 28.6. The first-order valence-electron chi connectivity index (χ1n) is 16.2. The Morgan fingerprint density at radius 2 is 1.76 bits per heavy atom. The molecule has 2 fully saturated rings. The number of hydrogen-bond acceptors (Lipinski definition) is 10. The fraction of sp³-hybridized carbons (Fsp3) is 0.306. The highest BCUT2D eigenvalue weighted by Gasteiger charge is 2.71. The molecule has 0 radical (unpaired) electrons. The Morgan fingerprint density at radius 3 is 2.45 bits per heavy atom. The summed E-state index contributed by atoms with van der Waals surface area (Å²) in [5, 5.41) is 14.9. The fourth-order valence-corrected chi connectivity index (χ4v) is 8.87. The van der Waals surface area contributed by atoms with Crippen LogP contribution in [0.5, 0.6) is 5.75 Å². The van der Waals surface area contributed by atoms with Crippen molar-refractivity contribution in [2.45, 2.75) is 55.1 Å². The van der Waals surface area contributed by atoms with Crippen molar-refractivity contribution >= 4 is 33.5 Å². The quantitative estimate of drug-likeness (QED) is 0.102. The van der Waals surface area contributed by atoms with Crippen molar-refractivity contribution < 1.29 is 41.9 Å². The molecule has 2 amide bonds. The van der Waals surface area contributed by atoms with Crippen LogP contribution in [0.2, 0.25) is 0 Å². The van der Waals surface area contributed by atoms with Crippen molar-refractivity contribution in [3.05, 3.63) is 125 Å². The molecule has 0 saturated carbocycles. The van der Waals surface area contributed by atoms with Crippen LogP contribution in [-0.2, 0) is 47.0 Å². The number of para-hydroxylation sites is 1. The van der Waals surface area contributed by atoms with Crippen LogP contribution in [0.1, 0.15) is 24.5 Å². The summed E-state index contributed by atoms with van der Waals surface area (Å²) in [6.07, 6.45) is 4.89. The van der Waals surface area contributed by atoms with Gasteiger partial charge in [0.2, 0.25) is 21.8 Å². The van der Waals surface area contributed by atoms with Crippen LogP contribution in [0.3, 0.4) is 0 Å². The number of carbonyl (C=O) groups is 3. The molecule has 0 unspecified atom stereocenters. The molecule has 266 valence electrons. The number of benzene rings is 3. The van der Waals surface area contributed by atoms with Gasteiger partial charge in [-0.05, 0) is 41.8 Å². The van der Waals surface area contributed by atoms with E-state index in [-0.39, 0.29) is 26.1 Å². The smallest absolute Gasteiger partial charge is 0.307 e. The Labute approximate surface area is 294 Å². The van der Waals surface area contributed by atoms with E-state index in [1.807, 2.05) is 30.3 Å². The molecule has 2 saturated heterocycles. The molecule has 6 rings (SSSR count). The van der Waals surface area contributed by atoms with Gasteiger partial charge in [-0.2, -0.15) is 4.31 Å². The molecule has 3 aromatic rings. The molecule has 3 aliphatic rings. The van der Waals surface area contributed by atoms with E-state index in [4.69, 9.17) is 14.2 Å². The van der Waals surface area contributed by atoms with Gasteiger partial charge in [-0.1, -0.05) is 66.7 Å². The number of methoxy groups -OCH3 is 1. The van der Waals surface area contributed by atoms with Gasteiger partial charge in [0.25, 0.3) is 5.69 Å². The normalized spacial score (nSPS) is 24.5. The van der Waals surface area contributed by atoms with Gasteiger partial charge in [-0.3, -0.25) is 24.5 Å². The number of esters is 1. The van der Waals surface area contributed by atoms with Crippen molar-refractivity contribution in [1.82, 2.24) is 14.5 Å². The van der Waals surface area contributed by atoms with Gasteiger partial charge in [0.1, 0.15) is 17.4 Å². The maximum atomic E-state index is 14.9. The Hall–Kier alpha value is -5.38. The van der Waals surface area contributed by atoms with Crippen LogP contribution >= 0.6 is 0 Å². The Morgan fingerprint density at radius 1 is 1.06 bits per heavy atom. The van der Waals surface area contributed by atoms with Crippen LogP contribution in [-0.4, -0.2) is 77.8 Å². The van der Waals surface area contributed by atoms with E-state index in [2.05, 4.69) is 5.32 Å². The topological polar surface area (TPSA) is 175 Å². The number of nitro benzene ring substituents is 1. The number of rotatable bonds is 11. The van der Waals surface area contributed by atoms with Gasteiger partial charge < -0.3 is 24.4 Å². The summed E-state index contributed by atoms with van der Waals surface area (Å²) in [5.41, 5.74) is -1.04. The second kappa shape index (κ2) is 14.5. The maximum absolute atomic E-state index is 14.9. The number of sulfonamides is 1. The first kappa shape index (κ1) is 35.4. The number of ether oxygens (including phenoxy) is 3. The molecule has 3 aromatic carbocycles. The lowest BCUT2D eigenvalue weighted by Gasteiger charge is -2.34. The average molecular weight is 717 g/mol. The lowest BCUT2D eigenvalue weighted by molar-refractivity contribution is -0.387. The molecule has 0 spiro atoms. The minimum Gasteiger partial charge on any atom is -0.497 e. The number of carbonyl (C=O) groups excluding carboxylic acids is 3. The molecule has 15 heteroatoms. The highest BCUT2D eigenvalue weighted by atomic mass is 32.2. The molecule has 0 aromatic heterocycles. The second-order valence-corrected chi connectivity index (χ2v) is 14.2. The molecule has 3 aliphatic heterocycles. The molecule has 1 N–H and O–H groups in total. The summed E-state index contributed by atoms with van der Waals surface area (Å²) in [4.78, 5) is 53.2. The van der Waals surface area contributed by atoms with Crippen LogP contribution in [0.15, 0.2) is 108 Å². The summed E-state index contributed by atoms with van der Waals surface area (Å²) in [6, 6.07) is 18.4. The summed E-state index contributed by atoms with van der Waals surface area (Å²) in [6.45, 7) is 1.09. The Balaban J connectivity index is 1.49. The minimum atomic E-state index is -4.63.